The normalized spacial score (nSPS) is 11.6. The summed E-state index contributed by atoms with van der Waals surface area (Å²) in [5, 5.41) is 11.0. The number of anilines is 3. The van der Waals surface area contributed by atoms with Crippen LogP contribution in [-0.4, -0.2) is 28.1 Å². The predicted molar refractivity (Wildman–Crippen MR) is 87.6 cm³/mol. The Labute approximate surface area is 133 Å². The van der Waals surface area contributed by atoms with Crippen molar-refractivity contribution in [3.8, 4) is 0 Å². The minimum absolute atomic E-state index is 0.278. The molecule has 4 N–H and O–H groups in total. The number of benzene rings is 1. The van der Waals surface area contributed by atoms with Gasteiger partial charge in [0.15, 0.2) is 5.82 Å². The number of nitrogen functional groups attached to an aromatic ring is 1. The van der Waals surface area contributed by atoms with Crippen molar-refractivity contribution in [2.75, 3.05) is 10.6 Å². The molecule has 1 heterocycles. The van der Waals surface area contributed by atoms with Crippen molar-refractivity contribution >= 4 is 29.2 Å². The highest BCUT2D eigenvalue weighted by Gasteiger charge is 2.27. The number of hydrogen-bond donors (Lipinski definition) is 3. The quantitative estimate of drug-likeness (QED) is 0.802. The van der Waals surface area contributed by atoms with Crippen LogP contribution in [0.3, 0.4) is 0 Å². The summed E-state index contributed by atoms with van der Waals surface area (Å²) < 4.78 is 0. The van der Waals surface area contributed by atoms with Crippen LogP contribution < -0.4 is 16.0 Å². The molecule has 1 aromatic heterocycles. The number of nitrogens with zero attached hydrogens (tertiary/aromatic N) is 2. The molecule has 0 radical (unpaired) electrons. The van der Waals surface area contributed by atoms with Crippen LogP contribution in [0.1, 0.15) is 12.6 Å². The van der Waals surface area contributed by atoms with E-state index in [4.69, 9.17) is 10.8 Å². The van der Waals surface area contributed by atoms with Crippen molar-refractivity contribution in [1.82, 2.24) is 10.3 Å². The predicted octanol–water partition coefficient (Wildman–Crippen LogP) is 2.29. The smallest absolute Gasteiger partial charge is 0.405 e. The van der Waals surface area contributed by atoms with E-state index >= 15 is 0 Å². The molecular formula is C16H18N4O3. The molecule has 0 fully saturated rings. The summed E-state index contributed by atoms with van der Waals surface area (Å²) in [4.78, 5) is 29.2. The Hall–Kier alpha value is -3.09. The van der Waals surface area contributed by atoms with Crippen molar-refractivity contribution < 1.29 is 14.7 Å². The molecule has 1 aromatic carbocycles. The van der Waals surface area contributed by atoms with Gasteiger partial charge in [0.05, 0.1) is 11.4 Å². The average molecular weight is 314 g/mol. The van der Waals surface area contributed by atoms with E-state index in [2.05, 4.69) is 10.3 Å². The maximum atomic E-state index is 12.7. The van der Waals surface area contributed by atoms with Crippen LogP contribution in [0.25, 0.3) is 0 Å². The van der Waals surface area contributed by atoms with Gasteiger partial charge in [0.2, 0.25) is 0 Å². The van der Waals surface area contributed by atoms with Crippen molar-refractivity contribution in [3.05, 3.63) is 48.2 Å². The molecule has 7 nitrogen and oxygen atoms in total. The second-order valence-corrected chi connectivity index (χ2v) is 5.05. The summed E-state index contributed by atoms with van der Waals surface area (Å²) in [5.41, 5.74) is 7.56. The van der Waals surface area contributed by atoms with E-state index < -0.39 is 18.0 Å². The molecule has 0 saturated carbocycles. The molecule has 1 atom stereocenters. The number of carbonyl (C=O) groups excluding carboxylic acids is 1. The number of carboxylic acid groups (broad SMARTS) is 1. The van der Waals surface area contributed by atoms with E-state index in [-0.39, 0.29) is 5.82 Å². The molecular weight excluding hydrogens is 296 g/mol. The minimum Gasteiger partial charge on any atom is -0.465 e. The Bertz CT molecular complexity index is 719. The number of nitrogens with two attached hydrogens (primary N) is 1. The highest BCUT2D eigenvalue weighted by Crippen LogP contribution is 2.29. The van der Waals surface area contributed by atoms with Gasteiger partial charge in [-0.15, -0.1) is 0 Å². The van der Waals surface area contributed by atoms with Crippen molar-refractivity contribution in [3.63, 3.8) is 0 Å². The van der Waals surface area contributed by atoms with Gasteiger partial charge >= 0.3 is 6.09 Å². The number of para-hydroxylation sites is 1. The van der Waals surface area contributed by atoms with Gasteiger partial charge in [-0.05, 0) is 38.1 Å². The van der Waals surface area contributed by atoms with Crippen LogP contribution in [0, 0.1) is 6.92 Å². The lowest BCUT2D eigenvalue weighted by molar-refractivity contribution is -0.119. The first kappa shape index (κ1) is 16.3. The highest BCUT2D eigenvalue weighted by atomic mass is 16.4. The number of rotatable bonds is 4. The molecule has 0 saturated heterocycles. The Morgan fingerprint density at radius 2 is 1.87 bits per heavy atom. The molecule has 2 rings (SSSR count). The first-order chi connectivity index (χ1) is 10.9. The van der Waals surface area contributed by atoms with Crippen LogP contribution in [0.15, 0.2) is 42.5 Å². The van der Waals surface area contributed by atoms with Gasteiger partial charge in [-0.3, -0.25) is 9.69 Å². The van der Waals surface area contributed by atoms with Crippen molar-refractivity contribution in [1.29, 1.82) is 0 Å². The Morgan fingerprint density at radius 3 is 2.48 bits per heavy atom. The van der Waals surface area contributed by atoms with Gasteiger partial charge < -0.3 is 16.2 Å². The molecule has 7 heteroatoms. The van der Waals surface area contributed by atoms with Crippen LogP contribution in [-0.2, 0) is 4.79 Å². The van der Waals surface area contributed by atoms with E-state index in [9.17, 15) is 9.59 Å². The number of aromatic nitrogens is 1. The fraction of sp³-hybridized carbons (Fsp3) is 0.188. The zero-order valence-electron chi connectivity index (χ0n) is 12.9. The lowest BCUT2D eigenvalue weighted by Gasteiger charge is -2.26. The summed E-state index contributed by atoms with van der Waals surface area (Å²) in [6.45, 7) is 3.26. The minimum atomic E-state index is -1.27. The number of carbonyl (C=O) groups is 2. The van der Waals surface area contributed by atoms with Gasteiger partial charge in [-0.25, -0.2) is 9.78 Å². The summed E-state index contributed by atoms with van der Waals surface area (Å²) in [7, 11) is 0. The van der Waals surface area contributed by atoms with Gasteiger partial charge in [-0.2, -0.15) is 0 Å². The molecule has 0 aliphatic rings. The second kappa shape index (κ2) is 6.78. The Kier molecular flexibility index (Phi) is 4.80. The zero-order chi connectivity index (χ0) is 17.0. The molecule has 2 aromatic rings. The van der Waals surface area contributed by atoms with E-state index in [1.54, 1.807) is 43.3 Å². The van der Waals surface area contributed by atoms with E-state index in [0.717, 1.165) is 0 Å². The van der Waals surface area contributed by atoms with Crippen LogP contribution in [0.4, 0.5) is 22.0 Å². The van der Waals surface area contributed by atoms with Crippen molar-refractivity contribution in [2.45, 2.75) is 19.9 Å². The zero-order valence-corrected chi connectivity index (χ0v) is 12.9. The summed E-state index contributed by atoms with van der Waals surface area (Å²) in [5.74, 6) is -0.191. The van der Waals surface area contributed by atoms with E-state index in [1.807, 2.05) is 6.07 Å². The van der Waals surface area contributed by atoms with Crippen molar-refractivity contribution in [2.24, 2.45) is 0 Å². The van der Waals surface area contributed by atoms with Crippen LogP contribution in [0.2, 0.25) is 0 Å². The Balaban J connectivity index is 2.50. The number of aryl methyl sites for hydroxylation is 1. The Morgan fingerprint density at radius 1 is 1.22 bits per heavy atom. The topological polar surface area (TPSA) is 109 Å². The highest BCUT2D eigenvalue weighted by molar-refractivity contribution is 6.05. The van der Waals surface area contributed by atoms with Crippen LogP contribution in [0.5, 0.6) is 0 Å². The fourth-order valence-electron chi connectivity index (χ4n) is 2.10. The van der Waals surface area contributed by atoms with Gasteiger partial charge in [0, 0.05) is 5.69 Å². The fourth-order valence-corrected chi connectivity index (χ4v) is 2.10. The molecule has 0 bridgehead atoms. The standard InChI is InChI=1S/C16H18N4O3/c1-10-8-9-13(17)14(18-10)20(12-6-4-3-5-7-12)15(21)11(2)19-16(22)23/h3-9,11,19H,17H2,1-2H3,(H,22,23). The molecule has 2 amide bonds. The summed E-state index contributed by atoms with van der Waals surface area (Å²) in [6.07, 6.45) is -1.27. The van der Waals surface area contributed by atoms with E-state index in [1.165, 1.54) is 11.8 Å². The van der Waals surface area contributed by atoms with Crippen LogP contribution >= 0.6 is 0 Å². The summed E-state index contributed by atoms with van der Waals surface area (Å²) >= 11 is 0. The lowest BCUT2D eigenvalue weighted by atomic mass is 10.2. The third-order valence-electron chi connectivity index (χ3n) is 3.20. The molecule has 0 aliphatic carbocycles. The third-order valence-corrected chi connectivity index (χ3v) is 3.20. The van der Waals surface area contributed by atoms with Gasteiger partial charge in [0.25, 0.3) is 5.91 Å². The molecule has 1 unspecified atom stereocenters. The molecule has 120 valence electrons. The maximum absolute atomic E-state index is 12.7. The monoisotopic (exact) mass is 314 g/mol. The molecule has 0 spiro atoms. The van der Waals surface area contributed by atoms with E-state index in [0.29, 0.717) is 17.1 Å². The SMILES string of the molecule is Cc1ccc(N)c(N(C(=O)C(C)NC(=O)O)c2ccccc2)n1. The third kappa shape index (κ3) is 3.76. The number of nitrogens with one attached hydrogen (secondary N) is 1. The second-order valence-electron chi connectivity index (χ2n) is 5.05. The number of amides is 2. The maximum Gasteiger partial charge on any atom is 0.405 e. The average Bonchev–Trinajstić information content (AvgIpc) is 2.51. The number of pyridine rings is 1. The lowest BCUT2D eigenvalue weighted by Crippen LogP contribution is -2.45. The summed E-state index contributed by atoms with van der Waals surface area (Å²) in [6, 6.07) is 11.3. The number of hydrogen-bond acceptors (Lipinski definition) is 4. The van der Waals surface area contributed by atoms with Gasteiger partial charge in [-0.1, -0.05) is 18.2 Å². The first-order valence-corrected chi connectivity index (χ1v) is 7.01. The van der Waals surface area contributed by atoms with Gasteiger partial charge in [0.1, 0.15) is 6.04 Å². The molecule has 23 heavy (non-hydrogen) atoms. The largest absolute Gasteiger partial charge is 0.465 e. The first-order valence-electron chi connectivity index (χ1n) is 7.01. The molecule has 0 aliphatic heterocycles.